The topological polar surface area (TPSA) is 66.7 Å². The van der Waals surface area contributed by atoms with Crippen LogP contribution in [0.4, 0.5) is 0 Å². The van der Waals surface area contributed by atoms with Gasteiger partial charge >= 0.3 is 0 Å². The van der Waals surface area contributed by atoms with Crippen molar-refractivity contribution in [1.29, 1.82) is 0 Å². The molecule has 0 aromatic carbocycles. The van der Waals surface area contributed by atoms with E-state index in [9.17, 15) is 9.90 Å². The second-order valence-corrected chi connectivity index (χ2v) is 11.4. The van der Waals surface area contributed by atoms with Gasteiger partial charge in [0.15, 0.2) is 0 Å². The quantitative estimate of drug-likeness (QED) is 0.409. The number of hydrogen-bond acceptors (Lipinski definition) is 5. The first-order chi connectivity index (χ1) is 16.5. The van der Waals surface area contributed by atoms with Crippen molar-refractivity contribution < 1.29 is 14.6 Å². The number of rotatable bonds is 8. The molecule has 1 aliphatic heterocycles. The highest BCUT2D eigenvalue weighted by atomic mass is 32.1. The van der Waals surface area contributed by atoms with Crippen LogP contribution >= 0.6 is 11.3 Å². The lowest BCUT2D eigenvalue weighted by atomic mass is 9.94. The number of amides is 1. The van der Waals surface area contributed by atoms with Gasteiger partial charge in [0, 0.05) is 30.3 Å². The van der Waals surface area contributed by atoms with E-state index in [0.29, 0.717) is 19.2 Å². The van der Waals surface area contributed by atoms with E-state index in [1.165, 1.54) is 36.1 Å². The molecule has 186 valence electrons. The van der Waals surface area contributed by atoms with Gasteiger partial charge in [0.1, 0.15) is 17.3 Å². The van der Waals surface area contributed by atoms with E-state index in [1.54, 1.807) is 11.3 Å². The first kappa shape index (κ1) is 24.0. The molecule has 2 aromatic heterocycles. The lowest BCUT2D eigenvalue weighted by Gasteiger charge is -2.36. The Morgan fingerprint density at radius 3 is 2.76 bits per heavy atom. The first-order valence-corrected chi connectivity index (χ1v) is 14.0. The molecule has 0 spiro atoms. The van der Waals surface area contributed by atoms with Crippen LogP contribution in [0.3, 0.4) is 0 Å². The highest BCUT2D eigenvalue weighted by Gasteiger charge is 2.41. The maximum Gasteiger partial charge on any atom is 0.257 e. The molecule has 5 rings (SSSR count). The van der Waals surface area contributed by atoms with Gasteiger partial charge in [-0.25, -0.2) is 0 Å². The zero-order chi connectivity index (χ0) is 23.7. The second kappa shape index (κ2) is 10.5. The summed E-state index contributed by atoms with van der Waals surface area (Å²) in [4.78, 5) is 17.5. The first-order valence-electron chi connectivity index (χ1n) is 13.2. The summed E-state index contributed by atoms with van der Waals surface area (Å²) in [5.74, 6) is 0.0668. The summed E-state index contributed by atoms with van der Waals surface area (Å²) < 4.78 is 7.97. The molecule has 7 heteroatoms. The number of hydrogen-bond donors (Lipinski definition) is 2. The van der Waals surface area contributed by atoms with Crippen molar-refractivity contribution in [2.45, 2.75) is 102 Å². The number of nitrogens with zero attached hydrogens (tertiary/aromatic N) is 2. The number of carbonyl (C=O) groups excluding carboxylic acids is 1. The van der Waals surface area contributed by atoms with E-state index in [-0.39, 0.29) is 12.0 Å². The van der Waals surface area contributed by atoms with Crippen LogP contribution in [0, 0.1) is 0 Å². The molecule has 1 saturated carbocycles. The molecule has 2 unspecified atom stereocenters. The Balaban J connectivity index is 1.51. The van der Waals surface area contributed by atoms with Gasteiger partial charge < -0.3 is 19.3 Å². The molecule has 0 bridgehead atoms. The van der Waals surface area contributed by atoms with Gasteiger partial charge in [0.05, 0.1) is 17.4 Å². The van der Waals surface area contributed by atoms with Crippen LogP contribution in [-0.4, -0.2) is 52.0 Å². The number of fused-ring (bicyclic) bond motifs is 5. The third-order valence-electron chi connectivity index (χ3n) is 7.57. The Morgan fingerprint density at radius 1 is 1.18 bits per heavy atom. The maximum atomic E-state index is 14.2. The van der Waals surface area contributed by atoms with Gasteiger partial charge in [-0.1, -0.05) is 19.3 Å². The predicted octanol–water partition coefficient (Wildman–Crippen LogP) is 4.97. The minimum Gasteiger partial charge on any atom is -0.379 e. The van der Waals surface area contributed by atoms with Crippen molar-refractivity contribution in [1.82, 2.24) is 14.8 Å². The molecule has 3 heterocycles. The second-order valence-electron chi connectivity index (χ2n) is 10.4. The summed E-state index contributed by atoms with van der Waals surface area (Å²) in [5.41, 5.74) is 3.11. The van der Waals surface area contributed by atoms with Crippen LogP contribution in [0.15, 0.2) is 18.3 Å². The molecule has 2 aliphatic carbocycles. The van der Waals surface area contributed by atoms with E-state index in [4.69, 9.17) is 4.74 Å². The molecule has 34 heavy (non-hydrogen) atoms. The number of thiophene rings is 1. The summed E-state index contributed by atoms with van der Waals surface area (Å²) >= 11 is 1.77. The Kier molecular flexibility index (Phi) is 7.44. The van der Waals surface area contributed by atoms with Gasteiger partial charge in [0.2, 0.25) is 0 Å². The molecule has 2 atom stereocenters. The summed E-state index contributed by atoms with van der Waals surface area (Å²) in [6.07, 6.45) is 12.4. The van der Waals surface area contributed by atoms with Crippen LogP contribution in [0.2, 0.25) is 0 Å². The molecule has 1 amide bonds. The molecule has 2 aromatic rings. The SMILES string of the molecule is CC(C)OCCCN1C(=O)c2c(sc3c2CCCC3)-n2cccc2C1C(O)NC1CCCCC1. The van der Waals surface area contributed by atoms with Crippen molar-refractivity contribution in [3.63, 3.8) is 0 Å². The normalized spacial score (nSPS) is 21.8. The summed E-state index contributed by atoms with van der Waals surface area (Å²) in [6, 6.07) is 4.00. The third kappa shape index (κ3) is 4.72. The minimum atomic E-state index is -0.809. The predicted molar refractivity (Wildman–Crippen MR) is 136 cm³/mol. The van der Waals surface area contributed by atoms with Gasteiger partial charge in [-0.05, 0) is 76.5 Å². The Morgan fingerprint density at radius 2 is 1.97 bits per heavy atom. The average Bonchev–Trinajstić information content (AvgIpc) is 3.43. The molecule has 6 nitrogen and oxygen atoms in total. The van der Waals surface area contributed by atoms with Crippen LogP contribution in [0.1, 0.15) is 97.7 Å². The van der Waals surface area contributed by atoms with Gasteiger partial charge in [0.25, 0.3) is 5.91 Å². The van der Waals surface area contributed by atoms with Crippen molar-refractivity contribution >= 4 is 17.2 Å². The van der Waals surface area contributed by atoms with Crippen LogP contribution in [0.5, 0.6) is 0 Å². The molecule has 1 fully saturated rings. The van der Waals surface area contributed by atoms with Crippen LogP contribution in [0.25, 0.3) is 5.00 Å². The number of nitrogens with one attached hydrogen (secondary N) is 1. The number of aryl methyl sites for hydroxylation is 1. The van der Waals surface area contributed by atoms with E-state index in [2.05, 4.69) is 22.1 Å². The number of aromatic nitrogens is 1. The van der Waals surface area contributed by atoms with Crippen molar-refractivity contribution in [2.24, 2.45) is 0 Å². The molecular weight excluding hydrogens is 446 g/mol. The standard InChI is InChI=1S/C27H39N3O3S/c1-18(2)33-17-9-16-30-24(25(31)28-19-10-4-3-5-11-19)21-13-8-15-29(21)27-23(26(30)32)20-12-6-7-14-22(20)34-27/h8,13,15,18-19,24-25,28,31H,3-7,9-12,14,16-17H2,1-2H3. The Labute approximate surface area is 207 Å². The largest absolute Gasteiger partial charge is 0.379 e. The molecule has 3 aliphatic rings. The lowest BCUT2D eigenvalue weighted by Crippen LogP contribution is -2.50. The number of aliphatic hydroxyl groups excluding tert-OH is 1. The van der Waals surface area contributed by atoms with Crippen molar-refractivity contribution in [3.05, 3.63) is 40.0 Å². The van der Waals surface area contributed by atoms with E-state index >= 15 is 0 Å². The van der Waals surface area contributed by atoms with Crippen LogP contribution in [-0.2, 0) is 17.6 Å². The van der Waals surface area contributed by atoms with E-state index in [0.717, 1.165) is 54.8 Å². The molecule has 0 saturated heterocycles. The minimum absolute atomic E-state index is 0.0668. The van der Waals surface area contributed by atoms with Gasteiger partial charge in [-0.2, -0.15) is 0 Å². The fourth-order valence-electron chi connectivity index (χ4n) is 5.92. The lowest BCUT2D eigenvalue weighted by molar-refractivity contribution is 0.00704. The average molecular weight is 486 g/mol. The molecule has 0 radical (unpaired) electrons. The van der Waals surface area contributed by atoms with E-state index in [1.807, 2.05) is 24.8 Å². The monoisotopic (exact) mass is 485 g/mol. The fourth-order valence-corrected chi connectivity index (χ4v) is 7.30. The zero-order valence-corrected chi connectivity index (χ0v) is 21.4. The van der Waals surface area contributed by atoms with E-state index < -0.39 is 12.3 Å². The number of aliphatic hydroxyl groups is 1. The zero-order valence-electron chi connectivity index (χ0n) is 20.6. The Bertz CT molecular complexity index is 991. The highest BCUT2D eigenvalue weighted by molar-refractivity contribution is 7.15. The molecule has 2 N–H and O–H groups in total. The summed E-state index contributed by atoms with van der Waals surface area (Å²) in [7, 11) is 0. The highest BCUT2D eigenvalue weighted by Crippen LogP contribution is 2.43. The van der Waals surface area contributed by atoms with Crippen LogP contribution < -0.4 is 5.32 Å². The van der Waals surface area contributed by atoms with Gasteiger partial charge in [-0.3, -0.25) is 10.1 Å². The summed E-state index contributed by atoms with van der Waals surface area (Å²) in [5, 5.41) is 16.1. The summed E-state index contributed by atoms with van der Waals surface area (Å²) in [6.45, 7) is 5.24. The number of ether oxygens (including phenoxy) is 1. The third-order valence-corrected chi connectivity index (χ3v) is 8.86. The van der Waals surface area contributed by atoms with Gasteiger partial charge in [-0.15, -0.1) is 11.3 Å². The molecular formula is C27H39N3O3S. The number of carbonyl (C=O) groups is 1. The smallest absolute Gasteiger partial charge is 0.257 e. The maximum absolute atomic E-state index is 14.2. The Hall–Kier alpha value is -1.67. The fraction of sp³-hybridized carbons (Fsp3) is 0.667. The van der Waals surface area contributed by atoms with Crippen molar-refractivity contribution in [3.8, 4) is 5.00 Å². The van der Waals surface area contributed by atoms with Crippen molar-refractivity contribution in [2.75, 3.05) is 13.2 Å².